The summed E-state index contributed by atoms with van der Waals surface area (Å²) in [7, 11) is 0. The van der Waals surface area contributed by atoms with Crippen molar-refractivity contribution in [3.05, 3.63) is 58.3 Å². The van der Waals surface area contributed by atoms with Crippen molar-refractivity contribution in [3.8, 4) is 0 Å². The van der Waals surface area contributed by atoms with Gasteiger partial charge in [0.1, 0.15) is 6.61 Å². The summed E-state index contributed by atoms with van der Waals surface area (Å²) >= 11 is 1.70. The topological polar surface area (TPSA) is 50.8 Å². The third kappa shape index (κ3) is 5.29. The second-order valence-electron chi connectivity index (χ2n) is 6.17. The lowest BCUT2D eigenvalue weighted by atomic mass is 10.1. The molecule has 134 valence electrons. The predicted octanol–water partition coefficient (Wildman–Crippen LogP) is 3.44. The highest BCUT2D eigenvalue weighted by molar-refractivity contribution is 7.07. The number of thiophene rings is 1. The average Bonchev–Trinajstić information content (AvgIpc) is 3.20. The number of hydrogen-bond acceptors (Lipinski definition) is 5. The number of carbonyl (C=O) groups is 1. The molecule has 6 heteroatoms. The van der Waals surface area contributed by atoms with E-state index in [-0.39, 0.29) is 18.2 Å². The summed E-state index contributed by atoms with van der Waals surface area (Å²) in [6.07, 6.45) is -0.290. The average molecular weight is 360 g/mol. The third-order valence-corrected chi connectivity index (χ3v) is 5.00. The highest BCUT2D eigenvalue weighted by atomic mass is 32.1. The summed E-state index contributed by atoms with van der Waals surface area (Å²) in [4.78, 5) is 14.0. The Morgan fingerprint density at radius 2 is 2.24 bits per heavy atom. The quantitative estimate of drug-likeness (QED) is 0.857. The number of carbonyl (C=O) groups excluding carboxylic acids is 1. The maximum absolute atomic E-state index is 12.3. The van der Waals surface area contributed by atoms with Crippen LogP contribution in [0.5, 0.6) is 0 Å². The summed E-state index contributed by atoms with van der Waals surface area (Å²) < 4.78 is 11.2. The van der Waals surface area contributed by atoms with Crippen molar-refractivity contribution < 1.29 is 14.3 Å². The van der Waals surface area contributed by atoms with Crippen LogP contribution < -0.4 is 5.32 Å². The number of amides is 1. The first kappa shape index (κ1) is 17.9. The molecule has 2 unspecified atom stereocenters. The van der Waals surface area contributed by atoms with Crippen LogP contribution >= 0.6 is 11.3 Å². The molecular formula is C19H24N2O3S. The van der Waals surface area contributed by atoms with E-state index in [1.54, 1.807) is 16.2 Å². The summed E-state index contributed by atoms with van der Waals surface area (Å²) in [5.74, 6) is 0. The second kappa shape index (κ2) is 8.99. The fourth-order valence-corrected chi connectivity index (χ4v) is 3.52. The smallest absolute Gasteiger partial charge is 0.410 e. The fraction of sp³-hybridized carbons (Fsp3) is 0.421. The van der Waals surface area contributed by atoms with Gasteiger partial charge in [0.15, 0.2) is 0 Å². The molecule has 2 heterocycles. The van der Waals surface area contributed by atoms with Gasteiger partial charge in [-0.15, -0.1) is 0 Å². The molecule has 1 N–H and O–H groups in total. The van der Waals surface area contributed by atoms with E-state index in [2.05, 4.69) is 29.1 Å². The Kier molecular flexibility index (Phi) is 6.44. The van der Waals surface area contributed by atoms with Crippen molar-refractivity contribution in [3.63, 3.8) is 0 Å². The van der Waals surface area contributed by atoms with E-state index in [1.165, 1.54) is 5.56 Å². The van der Waals surface area contributed by atoms with E-state index in [4.69, 9.17) is 9.47 Å². The Labute approximate surface area is 152 Å². The van der Waals surface area contributed by atoms with Gasteiger partial charge in [0.25, 0.3) is 0 Å². The SMILES string of the molecule is CC(NCC1CN(C(=O)OCc2ccccc2)CCO1)c1ccsc1. The Balaban J connectivity index is 1.43. The van der Waals surface area contributed by atoms with Crippen LogP contribution in [0.2, 0.25) is 0 Å². The lowest BCUT2D eigenvalue weighted by Gasteiger charge is -2.33. The summed E-state index contributed by atoms with van der Waals surface area (Å²) in [6, 6.07) is 12.1. The van der Waals surface area contributed by atoms with Gasteiger partial charge in [0, 0.05) is 19.1 Å². The zero-order valence-electron chi connectivity index (χ0n) is 14.4. The van der Waals surface area contributed by atoms with E-state index < -0.39 is 0 Å². The van der Waals surface area contributed by atoms with Crippen molar-refractivity contribution in [2.75, 3.05) is 26.2 Å². The van der Waals surface area contributed by atoms with E-state index in [0.717, 1.165) is 5.56 Å². The Morgan fingerprint density at radius 3 is 3.00 bits per heavy atom. The van der Waals surface area contributed by atoms with Gasteiger partial charge in [0.2, 0.25) is 0 Å². The first-order chi connectivity index (χ1) is 12.2. The van der Waals surface area contributed by atoms with Crippen LogP contribution in [0.4, 0.5) is 4.79 Å². The molecule has 1 fully saturated rings. The molecule has 5 nitrogen and oxygen atoms in total. The Hall–Kier alpha value is -1.89. The molecule has 1 aliphatic heterocycles. The molecular weight excluding hydrogens is 336 g/mol. The van der Waals surface area contributed by atoms with Crippen molar-refractivity contribution >= 4 is 17.4 Å². The number of morpholine rings is 1. The van der Waals surface area contributed by atoms with E-state index >= 15 is 0 Å². The minimum atomic E-state index is -0.275. The number of nitrogens with one attached hydrogen (secondary N) is 1. The van der Waals surface area contributed by atoms with Crippen LogP contribution in [-0.2, 0) is 16.1 Å². The molecule has 1 aliphatic rings. The first-order valence-corrected chi connectivity index (χ1v) is 9.49. The van der Waals surface area contributed by atoms with E-state index in [0.29, 0.717) is 32.8 Å². The van der Waals surface area contributed by atoms with Gasteiger partial charge in [-0.25, -0.2) is 4.79 Å². The van der Waals surface area contributed by atoms with Crippen LogP contribution in [-0.4, -0.2) is 43.3 Å². The number of benzene rings is 1. The number of hydrogen-bond donors (Lipinski definition) is 1. The van der Waals surface area contributed by atoms with Crippen molar-refractivity contribution in [2.24, 2.45) is 0 Å². The molecule has 2 aromatic rings. The Bertz CT molecular complexity index is 648. The summed E-state index contributed by atoms with van der Waals surface area (Å²) in [5.41, 5.74) is 2.27. The molecule has 25 heavy (non-hydrogen) atoms. The molecule has 1 aromatic carbocycles. The summed E-state index contributed by atoms with van der Waals surface area (Å²) in [5, 5.41) is 7.70. The fourth-order valence-electron chi connectivity index (χ4n) is 2.77. The predicted molar refractivity (Wildman–Crippen MR) is 98.7 cm³/mol. The van der Waals surface area contributed by atoms with Gasteiger partial charge < -0.3 is 19.7 Å². The molecule has 2 atom stereocenters. The van der Waals surface area contributed by atoms with Gasteiger partial charge in [-0.1, -0.05) is 30.3 Å². The highest BCUT2D eigenvalue weighted by Crippen LogP contribution is 2.16. The van der Waals surface area contributed by atoms with Gasteiger partial charge in [-0.05, 0) is 34.9 Å². The largest absolute Gasteiger partial charge is 0.445 e. The number of rotatable bonds is 6. The molecule has 1 saturated heterocycles. The highest BCUT2D eigenvalue weighted by Gasteiger charge is 2.25. The van der Waals surface area contributed by atoms with Crippen LogP contribution in [0, 0.1) is 0 Å². The van der Waals surface area contributed by atoms with Crippen LogP contribution in [0.1, 0.15) is 24.1 Å². The minimum Gasteiger partial charge on any atom is -0.445 e. The molecule has 0 radical (unpaired) electrons. The molecule has 0 saturated carbocycles. The van der Waals surface area contributed by atoms with Gasteiger partial charge in [-0.3, -0.25) is 0 Å². The van der Waals surface area contributed by atoms with Crippen molar-refractivity contribution in [1.29, 1.82) is 0 Å². The zero-order chi connectivity index (χ0) is 17.5. The Morgan fingerprint density at radius 1 is 1.40 bits per heavy atom. The minimum absolute atomic E-state index is 0.0147. The number of ether oxygens (including phenoxy) is 2. The van der Waals surface area contributed by atoms with Gasteiger partial charge >= 0.3 is 6.09 Å². The maximum Gasteiger partial charge on any atom is 0.410 e. The normalized spacial score (nSPS) is 18.8. The van der Waals surface area contributed by atoms with Gasteiger partial charge in [-0.2, -0.15) is 11.3 Å². The zero-order valence-corrected chi connectivity index (χ0v) is 15.2. The third-order valence-electron chi connectivity index (χ3n) is 4.30. The van der Waals surface area contributed by atoms with Crippen LogP contribution in [0.25, 0.3) is 0 Å². The lowest BCUT2D eigenvalue weighted by molar-refractivity contribution is -0.0278. The molecule has 3 rings (SSSR count). The van der Waals surface area contributed by atoms with E-state index in [1.807, 2.05) is 30.3 Å². The standard InChI is InChI=1S/C19H24N2O3S/c1-15(17-7-10-25-14-17)20-11-18-12-21(8-9-23-18)19(22)24-13-16-5-3-2-4-6-16/h2-7,10,14-15,18,20H,8-9,11-13H2,1H3. The van der Waals surface area contributed by atoms with Crippen molar-refractivity contribution in [2.45, 2.75) is 25.7 Å². The molecule has 1 amide bonds. The monoisotopic (exact) mass is 360 g/mol. The van der Waals surface area contributed by atoms with Crippen LogP contribution in [0.3, 0.4) is 0 Å². The molecule has 0 aliphatic carbocycles. The lowest BCUT2D eigenvalue weighted by Crippen LogP contribution is -2.49. The summed E-state index contributed by atoms with van der Waals surface area (Å²) in [6.45, 7) is 4.81. The van der Waals surface area contributed by atoms with Crippen molar-refractivity contribution in [1.82, 2.24) is 10.2 Å². The second-order valence-corrected chi connectivity index (χ2v) is 6.95. The van der Waals surface area contributed by atoms with Gasteiger partial charge in [0.05, 0.1) is 19.3 Å². The molecule has 0 bridgehead atoms. The molecule has 0 spiro atoms. The number of nitrogens with zero attached hydrogens (tertiary/aromatic N) is 1. The molecule has 1 aromatic heterocycles. The van der Waals surface area contributed by atoms with Crippen LogP contribution in [0.15, 0.2) is 47.2 Å². The first-order valence-electron chi connectivity index (χ1n) is 8.55. The maximum atomic E-state index is 12.3. The van der Waals surface area contributed by atoms with E-state index in [9.17, 15) is 4.79 Å².